The molecule has 11 nitrogen and oxygen atoms in total. The lowest BCUT2D eigenvalue weighted by atomic mass is 10.1. The molecule has 1 atom stereocenters. The van der Waals surface area contributed by atoms with Crippen LogP contribution in [-0.2, 0) is 22.5 Å². The van der Waals surface area contributed by atoms with Crippen molar-refractivity contribution in [3.05, 3.63) is 35.8 Å². The topological polar surface area (TPSA) is 134 Å². The highest BCUT2D eigenvalue weighted by atomic mass is 16.5. The lowest BCUT2D eigenvalue weighted by Gasteiger charge is -2.24. The largest absolute Gasteiger partial charge is 0.466 e. The Balaban J connectivity index is 1.52. The number of hydrogen-bond donors (Lipinski definition) is 1. The second-order valence-corrected chi connectivity index (χ2v) is 7.41. The van der Waals surface area contributed by atoms with Crippen LogP contribution in [0.2, 0.25) is 0 Å². The Morgan fingerprint density at radius 2 is 2.19 bits per heavy atom. The van der Waals surface area contributed by atoms with Crippen molar-refractivity contribution in [2.24, 2.45) is 0 Å². The van der Waals surface area contributed by atoms with E-state index >= 15 is 0 Å². The van der Waals surface area contributed by atoms with E-state index in [0.717, 1.165) is 22.5 Å². The maximum Gasteiger partial charge on any atom is 0.307 e. The van der Waals surface area contributed by atoms with Crippen LogP contribution in [0.15, 0.2) is 27.4 Å². The Kier molecular flexibility index (Phi) is 4.85. The third-order valence-electron chi connectivity index (χ3n) is 5.16. The van der Waals surface area contributed by atoms with Crippen molar-refractivity contribution >= 4 is 22.7 Å². The lowest BCUT2D eigenvalue weighted by Crippen LogP contribution is -2.31. The molecule has 0 spiro atoms. The van der Waals surface area contributed by atoms with E-state index in [1.807, 2.05) is 24.6 Å². The van der Waals surface area contributed by atoms with Crippen LogP contribution >= 0.6 is 0 Å². The molecule has 0 amide bonds. The number of carbonyl (C=O) groups excluding carboxylic acids is 1. The van der Waals surface area contributed by atoms with Gasteiger partial charge in [-0.1, -0.05) is 5.16 Å². The highest BCUT2D eigenvalue weighted by Crippen LogP contribution is 2.34. The van der Waals surface area contributed by atoms with E-state index in [0.29, 0.717) is 49.0 Å². The Labute approximate surface area is 176 Å². The molecular formula is C20H21N7O4. The smallest absolute Gasteiger partial charge is 0.307 e. The maximum absolute atomic E-state index is 11.8. The predicted octanol–water partition coefficient (Wildman–Crippen LogP) is 2.51. The minimum atomic E-state index is -0.220. The van der Waals surface area contributed by atoms with Gasteiger partial charge >= 0.3 is 5.97 Å². The molecule has 5 rings (SSSR count). The number of pyridine rings is 1. The first-order valence-electron chi connectivity index (χ1n) is 10.1. The number of esters is 1. The van der Waals surface area contributed by atoms with Gasteiger partial charge in [0.25, 0.3) is 5.89 Å². The normalized spacial score (nSPS) is 16.6. The summed E-state index contributed by atoms with van der Waals surface area (Å²) in [5.41, 5.74) is 2.86. The van der Waals surface area contributed by atoms with Crippen molar-refractivity contribution in [2.45, 2.75) is 45.7 Å². The summed E-state index contributed by atoms with van der Waals surface area (Å²) in [4.78, 5) is 16.3. The van der Waals surface area contributed by atoms with Crippen LogP contribution in [0.3, 0.4) is 0 Å². The van der Waals surface area contributed by atoms with Crippen molar-refractivity contribution in [1.82, 2.24) is 30.1 Å². The molecule has 11 heteroatoms. The van der Waals surface area contributed by atoms with Gasteiger partial charge in [0.15, 0.2) is 5.65 Å². The number of nitrogens with one attached hydrogen (secondary N) is 1. The Bertz CT molecular complexity index is 1240. The third-order valence-corrected chi connectivity index (χ3v) is 5.16. The highest BCUT2D eigenvalue weighted by Gasteiger charge is 2.25. The summed E-state index contributed by atoms with van der Waals surface area (Å²) in [6.45, 7) is 4.90. The Morgan fingerprint density at radius 1 is 1.29 bits per heavy atom. The van der Waals surface area contributed by atoms with Crippen LogP contribution in [0.5, 0.6) is 0 Å². The van der Waals surface area contributed by atoms with E-state index in [2.05, 4.69) is 30.8 Å². The summed E-state index contributed by atoms with van der Waals surface area (Å²) in [7, 11) is 0. The zero-order valence-corrected chi connectivity index (χ0v) is 17.2. The van der Waals surface area contributed by atoms with E-state index in [1.165, 1.54) is 0 Å². The van der Waals surface area contributed by atoms with Crippen molar-refractivity contribution in [3.63, 3.8) is 0 Å². The van der Waals surface area contributed by atoms with E-state index in [-0.39, 0.29) is 18.4 Å². The molecule has 1 N–H and O–H groups in total. The number of aryl methyl sites for hydroxylation is 2. The van der Waals surface area contributed by atoms with Crippen LogP contribution < -0.4 is 5.32 Å². The van der Waals surface area contributed by atoms with Gasteiger partial charge in [-0.15, -0.1) is 10.2 Å². The van der Waals surface area contributed by atoms with Crippen molar-refractivity contribution in [2.75, 3.05) is 11.9 Å². The number of aromatic nitrogens is 6. The first kappa shape index (κ1) is 19.2. The highest BCUT2D eigenvalue weighted by molar-refractivity contribution is 5.96. The van der Waals surface area contributed by atoms with Gasteiger partial charge in [-0.25, -0.2) is 9.67 Å². The molecule has 4 aromatic heterocycles. The lowest BCUT2D eigenvalue weighted by molar-refractivity contribution is -0.147. The number of rotatable bonds is 6. The van der Waals surface area contributed by atoms with Crippen LogP contribution in [0.25, 0.3) is 22.5 Å². The standard InChI is InChI=1S/C20H21N7O4/c1-3-27-19-14(10-22-27)18(23-12-4-5-29-17(28)8-12)15(9-21-19)20-25-24-16(30-20)7-13-6-11(2)31-26-13/h6,9-10,12H,3-5,7-8H2,1-2H3,(H,21,23). The molecule has 0 saturated carbocycles. The quantitative estimate of drug-likeness (QED) is 0.461. The van der Waals surface area contributed by atoms with E-state index < -0.39 is 0 Å². The SMILES string of the molecule is CCn1ncc2c(NC3CCOC(=O)C3)c(-c3nnc(Cc4cc(C)on4)o3)cnc21. The number of nitrogens with zero attached hydrogens (tertiary/aromatic N) is 6. The summed E-state index contributed by atoms with van der Waals surface area (Å²) < 4.78 is 17.9. The molecule has 160 valence electrons. The van der Waals surface area contributed by atoms with E-state index in [1.54, 1.807) is 12.4 Å². The monoisotopic (exact) mass is 423 g/mol. The summed E-state index contributed by atoms with van der Waals surface area (Å²) in [6, 6.07) is 1.75. The van der Waals surface area contributed by atoms with Crippen LogP contribution in [0.4, 0.5) is 5.69 Å². The number of ether oxygens (including phenoxy) is 1. The second-order valence-electron chi connectivity index (χ2n) is 7.41. The first-order valence-corrected chi connectivity index (χ1v) is 10.1. The number of fused-ring (bicyclic) bond motifs is 1. The fraction of sp³-hybridized carbons (Fsp3) is 0.400. The van der Waals surface area contributed by atoms with Crippen LogP contribution in [-0.4, -0.2) is 48.7 Å². The van der Waals surface area contributed by atoms with Crippen LogP contribution in [0.1, 0.15) is 37.1 Å². The van der Waals surface area contributed by atoms with Gasteiger partial charge in [-0.05, 0) is 13.8 Å². The number of cyclic esters (lactones) is 1. The van der Waals surface area contributed by atoms with Gasteiger partial charge in [0.05, 0.1) is 48.0 Å². The van der Waals surface area contributed by atoms with Gasteiger partial charge in [0.1, 0.15) is 5.76 Å². The zero-order chi connectivity index (χ0) is 21.4. The summed E-state index contributed by atoms with van der Waals surface area (Å²) in [5, 5.41) is 21.0. The van der Waals surface area contributed by atoms with Gasteiger partial charge in [-0.3, -0.25) is 4.79 Å². The first-order chi connectivity index (χ1) is 15.1. The fourth-order valence-corrected chi connectivity index (χ4v) is 3.67. The third kappa shape index (κ3) is 3.74. The Morgan fingerprint density at radius 3 is 2.97 bits per heavy atom. The van der Waals surface area contributed by atoms with E-state index in [4.69, 9.17) is 13.7 Å². The second kappa shape index (κ2) is 7.82. The molecule has 1 saturated heterocycles. The molecule has 4 aromatic rings. The van der Waals surface area contributed by atoms with Gasteiger partial charge in [-0.2, -0.15) is 5.10 Å². The average Bonchev–Trinajstić information content (AvgIpc) is 3.48. The molecule has 1 aliphatic rings. The summed E-state index contributed by atoms with van der Waals surface area (Å²) in [6.07, 6.45) is 4.81. The molecule has 0 aliphatic carbocycles. The molecule has 1 fully saturated rings. The minimum absolute atomic E-state index is 0.0731. The molecule has 5 heterocycles. The average molecular weight is 423 g/mol. The van der Waals surface area contributed by atoms with Gasteiger partial charge < -0.3 is 19.0 Å². The maximum atomic E-state index is 11.8. The van der Waals surface area contributed by atoms with Crippen LogP contribution in [0, 0.1) is 6.92 Å². The fourth-order valence-electron chi connectivity index (χ4n) is 3.67. The molecule has 1 unspecified atom stereocenters. The van der Waals surface area contributed by atoms with Crippen molar-refractivity contribution in [3.8, 4) is 11.5 Å². The number of anilines is 1. The Hall–Kier alpha value is -3.76. The van der Waals surface area contributed by atoms with E-state index in [9.17, 15) is 4.79 Å². The van der Waals surface area contributed by atoms with Crippen molar-refractivity contribution in [1.29, 1.82) is 0 Å². The van der Waals surface area contributed by atoms with Gasteiger partial charge in [0, 0.05) is 31.3 Å². The molecular weight excluding hydrogens is 402 g/mol. The van der Waals surface area contributed by atoms with Crippen molar-refractivity contribution < 1.29 is 18.5 Å². The zero-order valence-electron chi connectivity index (χ0n) is 17.2. The molecule has 1 aliphatic heterocycles. The summed E-state index contributed by atoms with van der Waals surface area (Å²) >= 11 is 0. The summed E-state index contributed by atoms with van der Waals surface area (Å²) in [5.74, 6) is 1.24. The minimum Gasteiger partial charge on any atom is -0.466 e. The predicted molar refractivity (Wildman–Crippen MR) is 108 cm³/mol. The number of carbonyl (C=O) groups is 1. The molecule has 0 bridgehead atoms. The molecule has 0 radical (unpaired) electrons. The molecule has 0 aromatic carbocycles. The van der Waals surface area contributed by atoms with Gasteiger partial charge in [0.2, 0.25) is 5.89 Å². The number of hydrogen-bond acceptors (Lipinski definition) is 10. The molecule has 31 heavy (non-hydrogen) atoms.